The second-order valence-corrected chi connectivity index (χ2v) is 6.36. The first-order valence-electron chi connectivity index (χ1n) is 7.28. The largest absolute Gasteiger partial charge is 0.323 e. The Morgan fingerprint density at radius 3 is 2.59 bits per heavy atom. The molecule has 0 unspecified atom stereocenters. The third kappa shape index (κ3) is 3.59. The van der Waals surface area contributed by atoms with E-state index in [0.717, 1.165) is 25.2 Å². The summed E-state index contributed by atoms with van der Waals surface area (Å²) in [6.45, 7) is 5.47. The molecule has 0 fully saturated rings. The van der Waals surface area contributed by atoms with Gasteiger partial charge in [0.05, 0.1) is 0 Å². The fourth-order valence-corrected chi connectivity index (χ4v) is 3.43. The van der Waals surface area contributed by atoms with Crippen molar-refractivity contribution < 1.29 is 4.79 Å². The first kappa shape index (κ1) is 14.9. The number of anilines is 1. The van der Waals surface area contributed by atoms with Gasteiger partial charge in [-0.1, -0.05) is 30.8 Å². The van der Waals surface area contributed by atoms with E-state index < -0.39 is 0 Å². The third-order valence-corrected chi connectivity index (χ3v) is 4.69. The second kappa shape index (κ2) is 6.81. The summed E-state index contributed by atoms with van der Waals surface area (Å²) in [5, 5.41) is 2.76. The molecule has 0 bridgehead atoms. The molecule has 3 rings (SSSR count). The van der Waals surface area contributed by atoms with Crippen molar-refractivity contribution in [2.75, 3.05) is 11.9 Å². The van der Waals surface area contributed by atoms with Crippen LogP contribution in [0.5, 0.6) is 0 Å². The molecule has 22 heavy (non-hydrogen) atoms. The SMILES string of the molecule is C=CC(=O)Nc1ccc(SN2CCc3ccccc3C2)cc1. The van der Waals surface area contributed by atoms with Crippen molar-refractivity contribution in [2.24, 2.45) is 0 Å². The topological polar surface area (TPSA) is 32.3 Å². The molecule has 1 N–H and O–H groups in total. The Bertz CT molecular complexity index is 682. The first-order chi connectivity index (χ1) is 10.7. The molecule has 4 heteroatoms. The monoisotopic (exact) mass is 310 g/mol. The fraction of sp³-hybridized carbons (Fsp3) is 0.167. The zero-order valence-electron chi connectivity index (χ0n) is 12.3. The number of nitrogens with one attached hydrogen (secondary N) is 1. The van der Waals surface area contributed by atoms with Gasteiger partial charge < -0.3 is 5.32 Å². The lowest BCUT2D eigenvalue weighted by Gasteiger charge is -2.27. The Morgan fingerprint density at radius 2 is 1.86 bits per heavy atom. The smallest absolute Gasteiger partial charge is 0.247 e. The minimum absolute atomic E-state index is 0.187. The highest BCUT2D eigenvalue weighted by atomic mass is 32.2. The van der Waals surface area contributed by atoms with Crippen molar-refractivity contribution in [2.45, 2.75) is 17.9 Å². The lowest BCUT2D eigenvalue weighted by atomic mass is 10.0. The molecule has 1 amide bonds. The highest BCUT2D eigenvalue weighted by Crippen LogP contribution is 2.29. The predicted molar refractivity (Wildman–Crippen MR) is 91.7 cm³/mol. The molecule has 0 aliphatic carbocycles. The van der Waals surface area contributed by atoms with Gasteiger partial charge >= 0.3 is 0 Å². The van der Waals surface area contributed by atoms with E-state index in [1.54, 1.807) is 11.9 Å². The molecular weight excluding hydrogens is 292 g/mol. The summed E-state index contributed by atoms with van der Waals surface area (Å²) in [6, 6.07) is 16.5. The van der Waals surface area contributed by atoms with Gasteiger partial charge in [0.2, 0.25) is 5.91 Å². The van der Waals surface area contributed by atoms with E-state index in [-0.39, 0.29) is 5.91 Å². The predicted octanol–water partition coefficient (Wildman–Crippen LogP) is 3.88. The van der Waals surface area contributed by atoms with Crippen LogP contribution in [0.25, 0.3) is 0 Å². The standard InChI is InChI=1S/C18H18N2OS/c1-2-18(21)19-16-7-9-17(10-8-16)22-20-12-11-14-5-3-4-6-15(14)13-20/h2-10H,1,11-13H2,(H,19,21). The molecule has 2 aromatic rings. The summed E-state index contributed by atoms with van der Waals surface area (Å²) in [5.74, 6) is -0.187. The number of fused-ring (bicyclic) bond motifs is 1. The van der Waals surface area contributed by atoms with Gasteiger partial charge in [-0.15, -0.1) is 0 Å². The summed E-state index contributed by atoms with van der Waals surface area (Å²) >= 11 is 1.76. The normalized spacial score (nSPS) is 14.2. The van der Waals surface area contributed by atoms with Crippen molar-refractivity contribution in [3.8, 4) is 0 Å². The molecule has 2 aromatic carbocycles. The van der Waals surface area contributed by atoms with E-state index in [2.05, 4.69) is 40.5 Å². The van der Waals surface area contributed by atoms with E-state index in [0.29, 0.717) is 0 Å². The molecule has 0 atom stereocenters. The van der Waals surface area contributed by atoms with Crippen LogP contribution in [0.15, 0.2) is 66.1 Å². The zero-order valence-corrected chi connectivity index (χ0v) is 13.1. The van der Waals surface area contributed by atoms with E-state index in [1.165, 1.54) is 22.1 Å². The highest BCUT2D eigenvalue weighted by molar-refractivity contribution is 7.97. The minimum Gasteiger partial charge on any atom is -0.323 e. The summed E-state index contributed by atoms with van der Waals surface area (Å²) in [7, 11) is 0. The van der Waals surface area contributed by atoms with Crippen LogP contribution in [0.2, 0.25) is 0 Å². The zero-order chi connectivity index (χ0) is 15.4. The Labute approximate surface area is 135 Å². The molecule has 112 valence electrons. The van der Waals surface area contributed by atoms with E-state index in [9.17, 15) is 4.79 Å². The Morgan fingerprint density at radius 1 is 1.14 bits per heavy atom. The third-order valence-electron chi connectivity index (χ3n) is 3.64. The molecular formula is C18H18N2OS. The number of benzene rings is 2. The van der Waals surface area contributed by atoms with Gasteiger partial charge in [0.15, 0.2) is 0 Å². The van der Waals surface area contributed by atoms with E-state index in [4.69, 9.17) is 0 Å². The lowest BCUT2D eigenvalue weighted by molar-refractivity contribution is -0.111. The van der Waals surface area contributed by atoms with Crippen molar-refractivity contribution in [3.63, 3.8) is 0 Å². The lowest BCUT2D eigenvalue weighted by Crippen LogP contribution is -2.24. The van der Waals surface area contributed by atoms with Crippen LogP contribution in [0.4, 0.5) is 5.69 Å². The Balaban J connectivity index is 1.62. The number of carbonyl (C=O) groups is 1. The van der Waals surface area contributed by atoms with Gasteiger partial charge in [-0.25, -0.2) is 4.31 Å². The van der Waals surface area contributed by atoms with Gasteiger partial charge in [0.1, 0.15) is 0 Å². The fourth-order valence-electron chi connectivity index (χ4n) is 2.49. The molecule has 0 aromatic heterocycles. The molecule has 0 saturated heterocycles. The molecule has 1 heterocycles. The van der Waals surface area contributed by atoms with Crippen LogP contribution < -0.4 is 5.32 Å². The average molecular weight is 310 g/mol. The summed E-state index contributed by atoms with van der Waals surface area (Å²) in [5.41, 5.74) is 3.66. The highest BCUT2D eigenvalue weighted by Gasteiger charge is 2.16. The van der Waals surface area contributed by atoms with Crippen molar-refractivity contribution in [1.29, 1.82) is 0 Å². The van der Waals surface area contributed by atoms with Crippen LogP contribution in [-0.4, -0.2) is 16.8 Å². The van der Waals surface area contributed by atoms with Crippen LogP contribution in [-0.2, 0) is 17.8 Å². The van der Waals surface area contributed by atoms with Crippen molar-refractivity contribution in [1.82, 2.24) is 4.31 Å². The Kier molecular flexibility index (Phi) is 4.61. The van der Waals surface area contributed by atoms with Gasteiger partial charge in [0.25, 0.3) is 0 Å². The molecule has 1 aliphatic heterocycles. The van der Waals surface area contributed by atoms with Gasteiger partial charge in [-0.2, -0.15) is 0 Å². The maximum Gasteiger partial charge on any atom is 0.247 e. The molecule has 0 spiro atoms. The van der Waals surface area contributed by atoms with Crippen LogP contribution in [0.3, 0.4) is 0 Å². The number of carbonyl (C=O) groups excluding carboxylic acids is 1. The summed E-state index contributed by atoms with van der Waals surface area (Å²) in [4.78, 5) is 12.4. The van der Waals surface area contributed by atoms with Crippen molar-refractivity contribution >= 4 is 23.5 Å². The average Bonchev–Trinajstić information content (AvgIpc) is 2.56. The minimum atomic E-state index is -0.187. The van der Waals surface area contributed by atoms with Gasteiger partial charge in [-0.3, -0.25) is 4.79 Å². The maximum atomic E-state index is 11.3. The number of hydrogen-bond donors (Lipinski definition) is 1. The van der Waals surface area contributed by atoms with Crippen LogP contribution >= 0.6 is 11.9 Å². The van der Waals surface area contributed by atoms with Gasteiger partial charge in [-0.05, 0) is 59.8 Å². The number of amides is 1. The van der Waals surface area contributed by atoms with E-state index >= 15 is 0 Å². The number of hydrogen-bond acceptors (Lipinski definition) is 3. The van der Waals surface area contributed by atoms with Crippen LogP contribution in [0, 0.1) is 0 Å². The van der Waals surface area contributed by atoms with E-state index in [1.807, 2.05) is 24.3 Å². The molecule has 0 saturated carbocycles. The number of nitrogens with zero attached hydrogens (tertiary/aromatic N) is 1. The number of rotatable bonds is 4. The molecule has 1 aliphatic rings. The quantitative estimate of drug-likeness (QED) is 0.687. The second-order valence-electron chi connectivity index (χ2n) is 5.19. The first-order valence-corrected chi connectivity index (χ1v) is 8.05. The molecule has 3 nitrogen and oxygen atoms in total. The summed E-state index contributed by atoms with van der Waals surface area (Å²) < 4.78 is 2.37. The molecule has 0 radical (unpaired) electrons. The Hall–Kier alpha value is -2.04. The van der Waals surface area contributed by atoms with Crippen molar-refractivity contribution in [3.05, 3.63) is 72.3 Å². The van der Waals surface area contributed by atoms with Crippen LogP contribution in [0.1, 0.15) is 11.1 Å². The summed E-state index contributed by atoms with van der Waals surface area (Å²) in [6.07, 6.45) is 2.37. The maximum absolute atomic E-state index is 11.3. The van der Waals surface area contributed by atoms with Gasteiger partial charge in [0, 0.05) is 23.7 Å².